The molecule has 3 N–H and O–H groups in total. The molecule has 0 bridgehead atoms. The highest BCUT2D eigenvalue weighted by Crippen LogP contribution is 2.57. The summed E-state index contributed by atoms with van der Waals surface area (Å²) in [6, 6.07) is 1.39. The number of halogens is 1. The topological polar surface area (TPSA) is 144 Å². The molecule has 1 unspecified atom stereocenters. The van der Waals surface area contributed by atoms with Crippen molar-refractivity contribution >= 4 is 31.3 Å². The summed E-state index contributed by atoms with van der Waals surface area (Å²) in [7, 11) is -3.92. The molecule has 1 aromatic heterocycles. The minimum absolute atomic E-state index is 0.0354. The van der Waals surface area contributed by atoms with Crippen molar-refractivity contribution in [2.75, 3.05) is 25.6 Å². The third-order valence-corrected chi connectivity index (χ3v) is 7.46. The van der Waals surface area contributed by atoms with Crippen LogP contribution >= 0.6 is 19.5 Å². The van der Waals surface area contributed by atoms with E-state index in [1.165, 1.54) is 12.3 Å². The van der Waals surface area contributed by atoms with Crippen molar-refractivity contribution in [3.63, 3.8) is 0 Å². The summed E-state index contributed by atoms with van der Waals surface area (Å²) in [4.78, 5) is 32.3. The van der Waals surface area contributed by atoms with Crippen LogP contribution in [0.3, 0.4) is 0 Å². The lowest BCUT2D eigenvalue weighted by Crippen LogP contribution is -2.40. The maximum absolute atomic E-state index is 15.0. The SMILES string of the molecule is CCOC(=O)[C@H](C)CCONP1(=O)OC[C@H]2S[C@@H](n3ccc(N)nc3=O)[C@@H](F)[C@@H]2O1. The van der Waals surface area contributed by atoms with E-state index in [9.17, 15) is 14.2 Å². The van der Waals surface area contributed by atoms with Crippen LogP contribution in [0.2, 0.25) is 0 Å². The van der Waals surface area contributed by atoms with Crippen LogP contribution in [0.25, 0.3) is 0 Å². The van der Waals surface area contributed by atoms with Gasteiger partial charge < -0.3 is 10.5 Å². The Bertz CT molecular complexity index is 874. The van der Waals surface area contributed by atoms with E-state index in [-0.39, 0.29) is 31.6 Å². The van der Waals surface area contributed by atoms with E-state index in [0.29, 0.717) is 6.42 Å². The van der Waals surface area contributed by atoms with E-state index < -0.39 is 42.3 Å². The van der Waals surface area contributed by atoms with Crippen molar-refractivity contribution in [3.8, 4) is 0 Å². The van der Waals surface area contributed by atoms with Crippen LogP contribution in [0.1, 0.15) is 25.6 Å². The van der Waals surface area contributed by atoms with Gasteiger partial charge in [-0.05, 0) is 19.4 Å². The standard InChI is InChI=1S/C16H24FN4O7PS/c1-3-25-15(22)9(2)5-7-26-20-29(24)27-8-10-13(28-29)12(17)14(30-10)21-6-4-11(18)19-16(21)23/h4,6,9-10,12-14H,3,5,7-8H2,1-2H3,(H,20,24)(H2,18,19,23)/t9-,10-,12+,13-,14-,29?/m1/s1. The summed E-state index contributed by atoms with van der Waals surface area (Å²) >= 11 is 1.13. The highest BCUT2D eigenvalue weighted by Gasteiger charge is 2.53. The second-order valence-electron chi connectivity index (χ2n) is 6.80. The predicted molar refractivity (Wildman–Crippen MR) is 106 cm³/mol. The minimum atomic E-state index is -3.92. The molecule has 168 valence electrons. The molecule has 2 saturated heterocycles. The van der Waals surface area contributed by atoms with Gasteiger partial charge in [-0.3, -0.25) is 23.2 Å². The number of anilines is 1. The molecule has 11 nitrogen and oxygen atoms in total. The molecule has 2 fully saturated rings. The van der Waals surface area contributed by atoms with E-state index in [2.05, 4.69) is 10.2 Å². The molecule has 0 radical (unpaired) electrons. The zero-order valence-electron chi connectivity index (χ0n) is 16.4. The van der Waals surface area contributed by atoms with E-state index in [1.54, 1.807) is 13.8 Å². The quantitative estimate of drug-likeness (QED) is 0.248. The number of nitrogens with two attached hydrogens (primary N) is 1. The molecule has 0 amide bonds. The van der Waals surface area contributed by atoms with Crippen LogP contribution in [0.15, 0.2) is 17.1 Å². The van der Waals surface area contributed by atoms with Crippen molar-refractivity contribution in [2.45, 2.75) is 43.2 Å². The summed E-state index contributed by atoms with van der Waals surface area (Å²) < 4.78 is 44.4. The Morgan fingerprint density at radius 1 is 1.60 bits per heavy atom. The summed E-state index contributed by atoms with van der Waals surface area (Å²) in [5, 5.41) is 0.832. The molecule has 2 aliphatic heterocycles. The van der Waals surface area contributed by atoms with Crippen molar-refractivity contribution < 1.29 is 32.4 Å². The summed E-state index contributed by atoms with van der Waals surface area (Å²) in [5.74, 6) is -0.725. The number of fused-ring (bicyclic) bond motifs is 1. The molecule has 2 aliphatic rings. The molecule has 3 rings (SSSR count). The second-order valence-corrected chi connectivity index (χ2v) is 9.80. The third kappa shape index (κ3) is 5.21. The van der Waals surface area contributed by atoms with Gasteiger partial charge in [-0.25, -0.2) is 13.8 Å². The molecule has 3 heterocycles. The minimum Gasteiger partial charge on any atom is -0.466 e. The number of nitrogens with zero attached hydrogens (tertiary/aromatic N) is 2. The van der Waals surface area contributed by atoms with Crippen LogP contribution < -0.4 is 16.7 Å². The first-order valence-electron chi connectivity index (χ1n) is 9.37. The van der Waals surface area contributed by atoms with E-state index >= 15 is 4.39 Å². The van der Waals surface area contributed by atoms with Crippen LogP contribution in [0.4, 0.5) is 10.2 Å². The molecular weight excluding hydrogens is 442 g/mol. The number of aromatic nitrogens is 2. The van der Waals surface area contributed by atoms with Crippen molar-refractivity contribution in [1.82, 2.24) is 14.8 Å². The highest BCUT2D eigenvalue weighted by atomic mass is 32.2. The number of rotatable bonds is 8. The van der Waals surface area contributed by atoms with Crippen molar-refractivity contribution in [3.05, 3.63) is 22.7 Å². The fourth-order valence-corrected chi connectivity index (χ4v) is 5.96. The molecule has 0 spiro atoms. The number of carbonyl (C=O) groups excluding carboxylic acids is 1. The molecular formula is C16H24FN4O7PS. The van der Waals surface area contributed by atoms with Crippen molar-refractivity contribution in [2.24, 2.45) is 5.92 Å². The number of nitrogens with one attached hydrogen (secondary N) is 1. The number of hydrogen-bond acceptors (Lipinski definition) is 10. The molecule has 30 heavy (non-hydrogen) atoms. The lowest BCUT2D eigenvalue weighted by Gasteiger charge is -2.31. The number of esters is 1. The van der Waals surface area contributed by atoms with Gasteiger partial charge in [0.05, 0.1) is 31.0 Å². The Balaban J connectivity index is 1.55. The van der Waals surface area contributed by atoms with Gasteiger partial charge in [0.25, 0.3) is 0 Å². The fourth-order valence-electron chi connectivity index (χ4n) is 2.97. The summed E-state index contributed by atoms with van der Waals surface area (Å²) in [6.07, 6.45) is -1.03. The zero-order valence-corrected chi connectivity index (χ0v) is 18.1. The van der Waals surface area contributed by atoms with Gasteiger partial charge in [0, 0.05) is 6.20 Å². The van der Waals surface area contributed by atoms with Gasteiger partial charge in [0.15, 0.2) is 6.17 Å². The van der Waals surface area contributed by atoms with Gasteiger partial charge in [-0.1, -0.05) is 6.92 Å². The Morgan fingerprint density at radius 2 is 2.37 bits per heavy atom. The van der Waals surface area contributed by atoms with Gasteiger partial charge in [-0.2, -0.15) is 4.98 Å². The number of ether oxygens (including phenoxy) is 1. The Morgan fingerprint density at radius 3 is 3.07 bits per heavy atom. The van der Waals surface area contributed by atoms with Gasteiger partial charge in [0.2, 0.25) is 0 Å². The zero-order chi connectivity index (χ0) is 21.9. The van der Waals surface area contributed by atoms with E-state index in [1.807, 2.05) is 0 Å². The molecule has 14 heteroatoms. The van der Waals surface area contributed by atoms with Crippen LogP contribution in [0, 0.1) is 5.92 Å². The third-order valence-electron chi connectivity index (χ3n) is 4.58. The number of hydrogen-bond donors (Lipinski definition) is 2. The monoisotopic (exact) mass is 466 g/mol. The molecule has 6 atom stereocenters. The van der Waals surface area contributed by atoms with Crippen LogP contribution in [-0.2, 0) is 28.0 Å². The first kappa shape index (κ1) is 23.2. The molecule has 1 aromatic rings. The Labute approximate surface area is 176 Å². The molecule has 0 saturated carbocycles. The number of carbonyl (C=O) groups is 1. The van der Waals surface area contributed by atoms with Crippen molar-refractivity contribution in [1.29, 1.82) is 0 Å². The Hall–Kier alpha value is -1.50. The second kappa shape index (κ2) is 9.75. The number of alkyl halides is 1. The smallest absolute Gasteiger partial charge is 0.428 e. The first-order valence-corrected chi connectivity index (χ1v) is 11.9. The molecule has 0 aliphatic carbocycles. The van der Waals surface area contributed by atoms with E-state index in [0.717, 1.165) is 16.3 Å². The lowest BCUT2D eigenvalue weighted by molar-refractivity contribution is -0.148. The Kier molecular flexibility index (Phi) is 7.53. The maximum Gasteiger partial charge on any atom is 0.428 e. The largest absolute Gasteiger partial charge is 0.466 e. The summed E-state index contributed by atoms with van der Waals surface area (Å²) in [6.45, 7) is 3.65. The van der Waals surface area contributed by atoms with Crippen LogP contribution in [-0.4, -0.2) is 52.9 Å². The van der Waals surface area contributed by atoms with Crippen LogP contribution in [0.5, 0.6) is 0 Å². The highest BCUT2D eigenvalue weighted by molar-refractivity contribution is 8.00. The van der Waals surface area contributed by atoms with Gasteiger partial charge >= 0.3 is 19.4 Å². The average Bonchev–Trinajstić information content (AvgIpc) is 3.01. The fraction of sp³-hybridized carbons (Fsp3) is 0.688. The lowest BCUT2D eigenvalue weighted by atomic mass is 10.1. The van der Waals surface area contributed by atoms with E-state index in [4.69, 9.17) is 24.4 Å². The average molecular weight is 466 g/mol. The molecule has 0 aromatic carbocycles. The first-order chi connectivity index (χ1) is 14.2. The normalized spacial score (nSPS) is 31.8. The maximum atomic E-state index is 15.0. The van der Waals surface area contributed by atoms with Gasteiger partial charge in [-0.15, -0.1) is 17.0 Å². The number of nitrogen functional groups attached to an aromatic ring is 1. The number of thioether (sulfide) groups is 1. The predicted octanol–water partition coefficient (Wildman–Crippen LogP) is 1.41. The summed E-state index contributed by atoms with van der Waals surface area (Å²) in [5.41, 5.74) is 4.78. The van der Waals surface area contributed by atoms with Gasteiger partial charge in [0.1, 0.15) is 17.3 Å².